The molecule has 0 fully saturated rings. The third-order valence-electron chi connectivity index (χ3n) is 3.20. The molecule has 1 amide bonds. The minimum absolute atomic E-state index is 0.174. The number of alkyl halides is 3. The molecule has 0 spiro atoms. The molecule has 2 rings (SSSR count). The standard InChI is InChI=1S/C16H13F4NO2/c17-13-4-2-1-3-12(13)15(23)21-9-14(22)10-5-7-11(8-6-10)16(18,19)20/h1-8,14,22H,9H2,(H,21,23). The predicted molar refractivity (Wildman–Crippen MR) is 75.1 cm³/mol. The van der Waals surface area contributed by atoms with Gasteiger partial charge in [-0.2, -0.15) is 13.2 Å². The third-order valence-corrected chi connectivity index (χ3v) is 3.20. The van der Waals surface area contributed by atoms with Gasteiger partial charge < -0.3 is 10.4 Å². The minimum Gasteiger partial charge on any atom is -0.387 e. The van der Waals surface area contributed by atoms with Crippen LogP contribution in [0.4, 0.5) is 17.6 Å². The van der Waals surface area contributed by atoms with E-state index >= 15 is 0 Å². The maximum atomic E-state index is 13.4. The van der Waals surface area contributed by atoms with Crippen LogP contribution in [0.15, 0.2) is 48.5 Å². The van der Waals surface area contributed by atoms with E-state index in [9.17, 15) is 27.5 Å². The van der Waals surface area contributed by atoms with Crippen LogP contribution in [0, 0.1) is 5.82 Å². The Labute approximate surface area is 129 Å². The van der Waals surface area contributed by atoms with Gasteiger partial charge in [0, 0.05) is 6.54 Å². The Morgan fingerprint density at radius 3 is 2.26 bits per heavy atom. The van der Waals surface area contributed by atoms with Gasteiger partial charge in [0.2, 0.25) is 0 Å². The van der Waals surface area contributed by atoms with E-state index in [1.807, 2.05) is 0 Å². The van der Waals surface area contributed by atoms with E-state index in [4.69, 9.17) is 0 Å². The SMILES string of the molecule is O=C(NCC(O)c1ccc(C(F)(F)F)cc1)c1ccccc1F. The Kier molecular flexibility index (Phi) is 5.00. The fourth-order valence-electron chi connectivity index (χ4n) is 1.94. The van der Waals surface area contributed by atoms with Gasteiger partial charge in [-0.15, -0.1) is 0 Å². The van der Waals surface area contributed by atoms with E-state index in [2.05, 4.69) is 5.32 Å². The molecule has 0 aliphatic carbocycles. The summed E-state index contributed by atoms with van der Waals surface area (Å²) in [5, 5.41) is 12.2. The van der Waals surface area contributed by atoms with Gasteiger partial charge in [-0.25, -0.2) is 4.39 Å². The van der Waals surface area contributed by atoms with Crippen molar-refractivity contribution in [1.82, 2.24) is 5.32 Å². The van der Waals surface area contributed by atoms with Crippen LogP contribution in [0.3, 0.4) is 0 Å². The average molecular weight is 327 g/mol. The molecule has 2 aromatic rings. The quantitative estimate of drug-likeness (QED) is 0.847. The van der Waals surface area contributed by atoms with Gasteiger partial charge in [-0.3, -0.25) is 4.79 Å². The molecule has 23 heavy (non-hydrogen) atoms. The van der Waals surface area contributed by atoms with Crippen LogP contribution in [-0.4, -0.2) is 17.6 Å². The zero-order valence-corrected chi connectivity index (χ0v) is 11.8. The lowest BCUT2D eigenvalue weighted by Gasteiger charge is -2.14. The number of aliphatic hydroxyl groups is 1. The van der Waals surface area contributed by atoms with Crippen molar-refractivity contribution >= 4 is 5.91 Å². The van der Waals surface area contributed by atoms with Gasteiger partial charge >= 0.3 is 6.18 Å². The van der Waals surface area contributed by atoms with E-state index < -0.39 is 29.6 Å². The number of halogens is 4. The first-order valence-electron chi connectivity index (χ1n) is 6.67. The smallest absolute Gasteiger partial charge is 0.387 e. The summed E-state index contributed by atoms with van der Waals surface area (Å²) in [6, 6.07) is 9.28. The van der Waals surface area contributed by atoms with Crippen LogP contribution >= 0.6 is 0 Å². The average Bonchev–Trinajstić information content (AvgIpc) is 2.52. The molecule has 0 aromatic heterocycles. The second-order valence-corrected chi connectivity index (χ2v) is 4.83. The van der Waals surface area contributed by atoms with Crippen molar-refractivity contribution in [2.24, 2.45) is 0 Å². The number of carbonyl (C=O) groups excluding carboxylic acids is 1. The van der Waals surface area contributed by atoms with Gasteiger partial charge in [-0.05, 0) is 29.8 Å². The first kappa shape index (κ1) is 17.0. The van der Waals surface area contributed by atoms with E-state index in [1.54, 1.807) is 0 Å². The normalized spacial score (nSPS) is 12.7. The number of aliphatic hydroxyl groups excluding tert-OH is 1. The maximum Gasteiger partial charge on any atom is 0.416 e. The van der Waals surface area contributed by atoms with Crippen molar-refractivity contribution < 1.29 is 27.5 Å². The Morgan fingerprint density at radius 1 is 1.09 bits per heavy atom. The van der Waals surface area contributed by atoms with Gasteiger partial charge in [0.05, 0.1) is 17.2 Å². The first-order valence-corrected chi connectivity index (χ1v) is 6.67. The number of nitrogens with one attached hydrogen (secondary N) is 1. The molecule has 0 heterocycles. The molecular weight excluding hydrogens is 314 g/mol. The topological polar surface area (TPSA) is 49.3 Å². The van der Waals surface area contributed by atoms with Gasteiger partial charge in [0.1, 0.15) is 5.82 Å². The highest BCUT2D eigenvalue weighted by molar-refractivity contribution is 5.94. The van der Waals surface area contributed by atoms with Gasteiger partial charge in [0.25, 0.3) is 5.91 Å². The van der Waals surface area contributed by atoms with Crippen molar-refractivity contribution in [2.45, 2.75) is 12.3 Å². The molecule has 1 unspecified atom stereocenters. The van der Waals surface area contributed by atoms with Crippen LogP contribution in [0.1, 0.15) is 27.6 Å². The summed E-state index contributed by atoms with van der Waals surface area (Å²) in [4.78, 5) is 11.8. The molecule has 2 aromatic carbocycles. The molecule has 0 saturated heterocycles. The first-order chi connectivity index (χ1) is 10.8. The monoisotopic (exact) mass is 327 g/mol. The van der Waals surface area contributed by atoms with Crippen LogP contribution in [0.25, 0.3) is 0 Å². The molecule has 0 bridgehead atoms. The van der Waals surface area contributed by atoms with Crippen LogP contribution in [0.2, 0.25) is 0 Å². The van der Waals surface area contributed by atoms with E-state index in [1.165, 1.54) is 18.2 Å². The summed E-state index contributed by atoms with van der Waals surface area (Å²) in [6.07, 6.45) is -5.66. The largest absolute Gasteiger partial charge is 0.416 e. The lowest BCUT2D eigenvalue weighted by molar-refractivity contribution is -0.137. The molecule has 3 nitrogen and oxygen atoms in total. The van der Waals surface area contributed by atoms with Crippen molar-refractivity contribution in [3.05, 3.63) is 71.0 Å². The van der Waals surface area contributed by atoms with E-state index in [0.29, 0.717) is 0 Å². The van der Waals surface area contributed by atoms with Gasteiger partial charge in [-0.1, -0.05) is 24.3 Å². The second kappa shape index (κ2) is 6.78. The predicted octanol–water partition coefficient (Wildman–Crippen LogP) is 3.31. The fourth-order valence-corrected chi connectivity index (χ4v) is 1.94. The van der Waals surface area contributed by atoms with Crippen molar-refractivity contribution in [2.75, 3.05) is 6.54 Å². The molecule has 0 aliphatic rings. The number of rotatable bonds is 4. The lowest BCUT2D eigenvalue weighted by atomic mass is 10.1. The zero-order chi connectivity index (χ0) is 17.0. The lowest BCUT2D eigenvalue weighted by Crippen LogP contribution is -2.29. The zero-order valence-electron chi connectivity index (χ0n) is 11.8. The summed E-state index contributed by atoms with van der Waals surface area (Å²) < 4.78 is 50.7. The van der Waals surface area contributed by atoms with Crippen molar-refractivity contribution in [3.63, 3.8) is 0 Å². The molecule has 122 valence electrons. The number of hydrogen-bond donors (Lipinski definition) is 2. The number of hydrogen-bond acceptors (Lipinski definition) is 2. The van der Waals surface area contributed by atoms with Crippen LogP contribution < -0.4 is 5.32 Å². The highest BCUT2D eigenvalue weighted by atomic mass is 19.4. The third kappa shape index (κ3) is 4.29. The summed E-state index contributed by atoms with van der Waals surface area (Å²) in [5.41, 5.74) is -0.789. The molecule has 1 atom stereocenters. The Balaban J connectivity index is 1.98. The molecule has 2 N–H and O–H groups in total. The Bertz CT molecular complexity index is 683. The fraction of sp³-hybridized carbons (Fsp3) is 0.188. The summed E-state index contributed by atoms with van der Waals surface area (Å²) in [7, 11) is 0. The molecule has 0 aliphatic heterocycles. The molecule has 0 radical (unpaired) electrons. The highest BCUT2D eigenvalue weighted by Crippen LogP contribution is 2.29. The van der Waals surface area contributed by atoms with Crippen LogP contribution in [-0.2, 0) is 6.18 Å². The van der Waals surface area contributed by atoms with E-state index in [-0.39, 0.29) is 17.7 Å². The van der Waals surface area contributed by atoms with E-state index in [0.717, 1.165) is 30.3 Å². The van der Waals surface area contributed by atoms with Gasteiger partial charge in [0.15, 0.2) is 0 Å². The Morgan fingerprint density at radius 2 is 1.70 bits per heavy atom. The van der Waals surface area contributed by atoms with Crippen molar-refractivity contribution in [1.29, 1.82) is 0 Å². The minimum atomic E-state index is -4.46. The summed E-state index contributed by atoms with van der Waals surface area (Å²) >= 11 is 0. The molecule has 0 saturated carbocycles. The van der Waals surface area contributed by atoms with Crippen molar-refractivity contribution in [3.8, 4) is 0 Å². The number of carbonyl (C=O) groups is 1. The Hall–Kier alpha value is -2.41. The maximum absolute atomic E-state index is 13.4. The summed E-state index contributed by atoms with van der Waals surface area (Å²) in [6.45, 7) is -0.251. The van der Waals surface area contributed by atoms with Crippen LogP contribution in [0.5, 0.6) is 0 Å². The molecule has 7 heteroatoms. The number of benzene rings is 2. The second-order valence-electron chi connectivity index (χ2n) is 4.83. The molecular formula is C16H13F4NO2. The number of amides is 1. The highest BCUT2D eigenvalue weighted by Gasteiger charge is 2.30. The summed E-state index contributed by atoms with van der Waals surface area (Å²) in [5.74, 6) is -1.41.